The molecule has 3 N–H and O–H groups in total. The van der Waals surface area contributed by atoms with Crippen molar-refractivity contribution in [2.75, 3.05) is 6.54 Å². The summed E-state index contributed by atoms with van der Waals surface area (Å²) in [5.41, 5.74) is 7.53. The number of hydrogen-bond donors (Lipinski definition) is 2. The van der Waals surface area contributed by atoms with Crippen molar-refractivity contribution in [3.8, 4) is 5.69 Å². The number of hydrogen-bond acceptors (Lipinski definition) is 3. The standard InChI is InChI=1S/C18H24N4O.ClH/c19-18(11-6-1-2-7-12-18)14-20-17(23)16-10-13-22(21-16)15-8-4-3-5-9-15;/h3-5,8-10,13H,1-2,6-7,11-12,14,19H2,(H,20,23);1H. The van der Waals surface area contributed by atoms with Gasteiger partial charge in [0.15, 0.2) is 5.69 Å². The topological polar surface area (TPSA) is 72.9 Å². The van der Waals surface area contributed by atoms with Gasteiger partial charge in [-0.2, -0.15) is 5.10 Å². The molecule has 1 heterocycles. The molecule has 0 atom stereocenters. The summed E-state index contributed by atoms with van der Waals surface area (Å²) in [7, 11) is 0. The predicted octanol–water partition coefficient (Wildman–Crippen LogP) is 3.08. The van der Waals surface area contributed by atoms with Crippen LogP contribution in [0.5, 0.6) is 0 Å². The van der Waals surface area contributed by atoms with Gasteiger partial charge in [0.1, 0.15) is 0 Å². The maximum atomic E-state index is 12.3. The van der Waals surface area contributed by atoms with Gasteiger partial charge in [0, 0.05) is 18.3 Å². The van der Waals surface area contributed by atoms with Gasteiger partial charge in [-0.1, -0.05) is 43.9 Å². The van der Waals surface area contributed by atoms with E-state index in [-0.39, 0.29) is 23.9 Å². The van der Waals surface area contributed by atoms with Crippen molar-refractivity contribution in [1.29, 1.82) is 0 Å². The molecule has 1 saturated carbocycles. The summed E-state index contributed by atoms with van der Waals surface area (Å²) in [6.07, 6.45) is 8.54. The SMILES string of the molecule is Cl.NC1(CNC(=O)c2ccn(-c3ccccc3)n2)CCCCCC1. The van der Waals surface area contributed by atoms with E-state index in [1.54, 1.807) is 16.9 Å². The maximum absolute atomic E-state index is 12.3. The highest BCUT2D eigenvalue weighted by Gasteiger charge is 2.27. The summed E-state index contributed by atoms with van der Waals surface area (Å²) >= 11 is 0. The van der Waals surface area contributed by atoms with E-state index in [0.29, 0.717) is 12.2 Å². The lowest BCUT2D eigenvalue weighted by Crippen LogP contribution is -2.49. The zero-order chi connectivity index (χ0) is 16.1. The van der Waals surface area contributed by atoms with E-state index in [9.17, 15) is 4.79 Å². The number of nitrogens with one attached hydrogen (secondary N) is 1. The molecule has 1 amide bonds. The molecule has 1 fully saturated rings. The highest BCUT2D eigenvalue weighted by atomic mass is 35.5. The van der Waals surface area contributed by atoms with E-state index in [1.807, 2.05) is 30.3 Å². The van der Waals surface area contributed by atoms with E-state index >= 15 is 0 Å². The third-order valence-corrected chi connectivity index (χ3v) is 4.54. The first-order chi connectivity index (χ1) is 11.2. The van der Waals surface area contributed by atoms with E-state index in [2.05, 4.69) is 10.4 Å². The van der Waals surface area contributed by atoms with Crippen LogP contribution in [0.25, 0.3) is 5.69 Å². The Labute approximate surface area is 149 Å². The van der Waals surface area contributed by atoms with Gasteiger partial charge in [-0.3, -0.25) is 4.79 Å². The minimum absolute atomic E-state index is 0. The number of nitrogens with zero attached hydrogens (tertiary/aromatic N) is 2. The molecule has 24 heavy (non-hydrogen) atoms. The molecule has 1 aliphatic carbocycles. The zero-order valence-corrected chi connectivity index (χ0v) is 14.6. The molecule has 0 radical (unpaired) electrons. The molecule has 0 unspecified atom stereocenters. The number of para-hydroxylation sites is 1. The summed E-state index contributed by atoms with van der Waals surface area (Å²) in [6, 6.07) is 11.5. The van der Waals surface area contributed by atoms with Gasteiger partial charge in [-0.25, -0.2) is 4.68 Å². The lowest BCUT2D eigenvalue weighted by atomic mass is 9.91. The average molecular weight is 349 g/mol. The minimum Gasteiger partial charge on any atom is -0.349 e. The number of rotatable bonds is 4. The quantitative estimate of drug-likeness (QED) is 0.834. The third-order valence-electron chi connectivity index (χ3n) is 4.54. The number of benzene rings is 1. The molecule has 0 aliphatic heterocycles. The monoisotopic (exact) mass is 348 g/mol. The van der Waals surface area contributed by atoms with Crippen LogP contribution in [0, 0.1) is 0 Å². The van der Waals surface area contributed by atoms with Crippen LogP contribution in [-0.4, -0.2) is 27.8 Å². The van der Waals surface area contributed by atoms with Gasteiger partial charge < -0.3 is 11.1 Å². The Kier molecular flexibility index (Phi) is 6.40. The Morgan fingerprint density at radius 3 is 2.46 bits per heavy atom. The Bertz CT molecular complexity index is 648. The van der Waals surface area contributed by atoms with Crippen molar-refractivity contribution in [2.24, 2.45) is 5.73 Å². The smallest absolute Gasteiger partial charge is 0.271 e. The largest absolute Gasteiger partial charge is 0.349 e. The summed E-state index contributed by atoms with van der Waals surface area (Å²) in [6.45, 7) is 0.518. The second-order valence-electron chi connectivity index (χ2n) is 6.44. The van der Waals surface area contributed by atoms with Crippen molar-refractivity contribution >= 4 is 18.3 Å². The van der Waals surface area contributed by atoms with Crippen LogP contribution < -0.4 is 11.1 Å². The van der Waals surface area contributed by atoms with Gasteiger partial charge in [-0.15, -0.1) is 12.4 Å². The second-order valence-corrected chi connectivity index (χ2v) is 6.44. The van der Waals surface area contributed by atoms with Crippen LogP contribution in [0.1, 0.15) is 49.0 Å². The Hall–Kier alpha value is -1.85. The predicted molar refractivity (Wildman–Crippen MR) is 97.8 cm³/mol. The second kappa shape index (κ2) is 8.31. The number of amides is 1. The van der Waals surface area contributed by atoms with Crippen molar-refractivity contribution in [2.45, 2.75) is 44.1 Å². The van der Waals surface area contributed by atoms with E-state index in [1.165, 1.54) is 12.8 Å². The highest BCUT2D eigenvalue weighted by Crippen LogP contribution is 2.24. The number of carbonyl (C=O) groups excluding carboxylic acids is 1. The first kappa shape index (κ1) is 18.5. The molecular weight excluding hydrogens is 324 g/mol. The van der Waals surface area contributed by atoms with Crippen molar-refractivity contribution in [3.63, 3.8) is 0 Å². The van der Waals surface area contributed by atoms with Gasteiger partial charge in [0.25, 0.3) is 5.91 Å². The number of halogens is 1. The summed E-state index contributed by atoms with van der Waals surface area (Å²) in [4.78, 5) is 12.3. The Balaban J connectivity index is 0.00000208. The Morgan fingerprint density at radius 1 is 1.12 bits per heavy atom. The molecular formula is C18H25ClN4O. The fraction of sp³-hybridized carbons (Fsp3) is 0.444. The van der Waals surface area contributed by atoms with Gasteiger partial charge >= 0.3 is 0 Å². The number of nitrogens with two attached hydrogens (primary N) is 1. The average Bonchev–Trinajstić information content (AvgIpc) is 2.97. The summed E-state index contributed by atoms with van der Waals surface area (Å²) in [5, 5.41) is 7.31. The number of aromatic nitrogens is 2. The maximum Gasteiger partial charge on any atom is 0.271 e. The number of carbonyl (C=O) groups is 1. The molecule has 130 valence electrons. The lowest BCUT2D eigenvalue weighted by Gasteiger charge is -2.28. The van der Waals surface area contributed by atoms with Gasteiger partial charge in [0.2, 0.25) is 0 Å². The van der Waals surface area contributed by atoms with E-state index in [0.717, 1.165) is 31.4 Å². The molecule has 0 bridgehead atoms. The van der Waals surface area contributed by atoms with Crippen LogP contribution in [0.15, 0.2) is 42.6 Å². The van der Waals surface area contributed by atoms with Crippen molar-refractivity contribution in [1.82, 2.24) is 15.1 Å². The van der Waals surface area contributed by atoms with Crippen molar-refractivity contribution in [3.05, 3.63) is 48.3 Å². The lowest BCUT2D eigenvalue weighted by molar-refractivity contribution is 0.0935. The molecule has 0 saturated heterocycles. The molecule has 1 aromatic heterocycles. The first-order valence-corrected chi connectivity index (χ1v) is 8.35. The van der Waals surface area contributed by atoms with Crippen LogP contribution >= 0.6 is 12.4 Å². The fourth-order valence-electron chi connectivity index (χ4n) is 3.13. The zero-order valence-electron chi connectivity index (χ0n) is 13.8. The van der Waals surface area contributed by atoms with Gasteiger partial charge in [0.05, 0.1) is 5.69 Å². The van der Waals surface area contributed by atoms with E-state index in [4.69, 9.17) is 5.73 Å². The van der Waals surface area contributed by atoms with Crippen LogP contribution in [0.4, 0.5) is 0 Å². The summed E-state index contributed by atoms with van der Waals surface area (Å²) in [5.74, 6) is -0.159. The van der Waals surface area contributed by atoms with Crippen LogP contribution in [0.2, 0.25) is 0 Å². The molecule has 1 aliphatic rings. The molecule has 5 nitrogen and oxygen atoms in total. The van der Waals surface area contributed by atoms with Crippen LogP contribution in [-0.2, 0) is 0 Å². The minimum atomic E-state index is -0.270. The first-order valence-electron chi connectivity index (χ1n) is 8.35. The Morgan fingerprint density at radius 2 is 1.79 bits per heavy atom. The fourth-order valence-corrected chi connectivity index (χ4v) is 3.13. The summed E-state index contributed by atoms with van der Waals surface area (Å²) < 4.78 is 1.71. The highest BCUT2D eigenvalue weighted by molar-refractivity contribution is 5.92. The molecule has 6 heteroatoms. The van der Waals surface area contributed by atoms with Crippen molar-refractivity contribution < 1.29 is 4.79 Å². The molecule has 3 rings (SSSR count). The molecule has 0 spiro atoms. The normalized spacial score (nSPS) is 16.7. The third kappa shape index (κ3) is 4.58. The molecule has 2 aromatic rings. The van der Waals surface area contributed by atoms with Crippen LogP contribution in [0.3, 0.4) is 0 Å². The van der Waals surface area contributed by atoms with Gasteiger partial charge in [-0.05, 0) is 31.0 Å². The molecule has 1 aromatic carbocycles. The van der Waals surface area contributed by atoms with E-state index < -0.39 is 0 Å².